The number of aromatic nitrogens is 2. The quantitative estimate of drug-likeness (QED) is 0.808. The highest BCUT2D eigenvalue weighted by Crippen LogP contribution is 2.30. The maximum absolute atomic E-state index is 12.7. The van der Waals surface area contributed by atoms with E-state index in [0.29, 0.717) is 6.07 Å². The molecule has 0 spiro atoms. The van der Waals surface area contributed by atoms with E-state index in [0.717, 1.165) is 23.8 Å². The smallest absolute Gasteiger partial charge is 0.340 e. The second-order valence-electron chi connectivity index (χ2n) is 5.62. The molecule has 0 aliphatic heterocycles. The van der Waals surface area contributed by atoms with E-state index in [2.05, 4.69) is 5.10 Å². The van der Waals surface area contributed by atoms with E-state index in [-0.39, 0.29) is 6.54 Å². The topological polar surface area (TPSA) is 84.3 Å². The van der Waals surface area contributed by atoms with Crippen LogP contribution in [0.2, 0.25) is 0 Å². The third kappa shape index (κ3) is 5.05. The molecular weight excluding hydrogens is 373 g/mol. The lowest BCUT2D eigenvalue weighted by Crippen LogP contribution is -2.37. The van der Waals surface area contributed by atoms with Crippen LogP contribution in [0.25, 0.3) is 0 Å². The predicted molar refractivity (Wildman–Crippen MR) is 86.3 cm³/mol. The Bertz CT molecular complexity index is 894. The molecule has 1 aromatic heterocycles. The molecule has 0 aliphatic rings. The molecule has 2 rings (SSSR count). The van der Waals surface area contributed by atoms with E-state index < -0.39 is 39.1 Å². The van der Waals surface area contributed by atoms with Crippen LogP contribution in [0.4, 0.5) is 13.2 Å². The number of aryl methyl sites for hydroxylation is 1. The Morgan fingerprint density at radius 1 is 1.35 bits per heavy atom. The first-order chi connectivity index (χ1) is 12.0. The summed E-state index contributed by atoms with van der Waals surface area (Å²) in [4.78, 5) is 12.8. The van der Waals surface area contributed by atoms with Gasteiger partial charge in [-0.15, -0.1) is 0 Å². The van der Waals surface area contributed by atoms with Gasteiger partial charge >= 0.3 is 6.18 Å². The van der Waals surface area contributed by atoms with Gasteiger partial charge in [-0.1, -0.05) is 6.07 Å². The highest BCUT2D eigenvalue weighted by atomic mass is 32.2. The average molecular weight is 390 g/mol. The van der Waals surface area contributed by atoms with Crippen molar-refractivity contribution in [2.75, 3.05) is 13.6 Å². The van der Waals surface area contributed by atoms with Crippen LogP contribution in [0, 0.1) is 0 Å². The molecule has 0 unspecified atom stereocenters. The molecule has 0 saturated heterocycles. The van der Waals surface area contributed by atoms with Crippen molar-refractivity contribution >= 4 is 15.9 Å². The Kier molecular flexibility index (Phi) is 5.71. The SMILES string of the molecule is CN(Cc1cnn(C)c1)C(=O)CNS(=O)(=O)c1cccc(C(F)(F)F)c1. The Labute approximate surface area is 148 Å². The first-order valence-corrected chi connectivity index (χ1v) is 8.86. The lowest BCUT2D eigenvalue weighted by molar-refractivity contribution is -0.137. The monoisotopic (exact) mass is 390 g/mol. The number of amides is 1. The molecule has 1 N–H and O–H groups in total. The maximum Gasteiger partial charge on any atom is 0.416 e. The molecule has 2 aromatic rings. The maximum atomic E-state index is 12.7. The van der Waals surface area contributed by atoms with Crippen molar-refractivity contribution < 1.29 is 26.4 Å². The van der Waals surface area contributed by atoms with E-state index in [9.17, 15) is 26.4 Å². The fourth-order valence-corrected chi connectivity index (χ4v) is 3.15. The number of alkyl halides is 3. The van der Waals surface area contributed by atoms with E-state index >= 15 is 0 Å². The molecule has 7 nitrogen and oxygen atoms in total. The molecule has 1 heterocycles. The predicted octanol–water partition coefficient (Wildman–Crippen LogP) is 1.38. The Morgan fingerprint density at radius 3 is 2.62 bits per heavy atom. The zero-order chi connectivity index (χ0) is 19.5. The van der Waals surface area contributed by atoms with E-state index in [1.807, 2.05) is 4.72 Å². The number of rotatable bonds is 6. The Balaban J connectivity index is 2.02. The van der Waals surface area contributed by atoms with Gasteiger partial charge in [0.1, 0.15) is 0 Å². The fourth-order valence-electron chi connectivity index (χ4n) is 2.13. The molecular formula is C15H17F3N4O3S. The molecule has 1 amide bonds. The van der Waals surface area contributed by atoms with Crippen LogP contribution in [0.5, 0.6) is 0 Å². The van der Waals surface area contributed by atoms with Gasteiger partial charge in [0, 0.05) is 32.4 Å². The summed E-state index contributed by atoms with van der Waals surface area (Å²) in [5.41, 5.74) is -0.329. The molecule has 142 valence electrons. The molecule has 0 saturated carbocycles. The van der Waals surface area contributed by atoms with Crippen LogP contribution >= 0.6 is 0 Å². The van der Waals surface area contributed by atoms with Crippen LogP contribution in [0.15, 0.2) is 41.6 Å². The molecule has 0 atom stereocenters. The first kappa shape index (κ1) is 19.9. The molecule has 0 aliphatic carbocycles. The zero-order valence-corrected chi connectivity index (χ0v) is 14.8. The second-order valence-corrected chi connectivity index (χ2v) is 7.39. The summed E-state index contributed by atoms with van der Waals surface area (Å²) in [6.45, 7) is -0.354. The van der Waals surface area contributed by atoms with Gasteiger partial charge < -0.3 is 4.90 Å². The van der Waals surface area contributed by atoms with Crippen LogP contribution in [-0.4, -0.2) is 42.6 Å². The number of carbonyl (C=O) groups excluding carboxylic acids is 1. The number of halogens is 3. The fraction of sp³-hybridized carbons (Fsp3) is 0.333. The minimum atomic E-state index is -4.66. The van der Waals surface area contributed by atoms with Crippen LogP contribution < -0.4 is 4.72 Å². The number of carbonyl (C=O) groups is 1. The molecule has 1 aromatic carbocycles. The highest BCUT2D eigenvalue weighted by Gasteiger charge is 2.31. The van der Waals surface area contributed by atoms with Crippen LogP contribution in [-0.2, 0) is 34.6 Å². The summed E-state index contributed by atoms with van der Waals surface area (Å²) >= 11 is 0. The van der Waals surface area contributed by atoms with Crippen molar-refractivity contribution in [2.24, 2.45) is 7.05 Å². The minimum absolute atomic E-state index is 0.220. The minimum Gasteiger partial charge on any atom is -0.340 e. The van der Waals surface area contributed by atoms with Crippen molar-refractivity contribution in [2.45, 2.75) is 17.6 Å². The lowest BCUT2D eigenvalue weighted by Gasteiger charge is -2.17. The Morgan fingerprint density at radius 2 is 2.04 bits per heavy atom. The number of hydrogen-bond donors (Lipinski definition) is 1. The molecule has 0 radical (unpaired) electrons. The highest BCUT2D eigenvalue weighted by molar-refractivity contribution is 7.89. The number of nitrogens with one attached hydrogen (secondary N) is 1. The summed E-state index contributed by atoms with van der Waals surface area (Å²) in [5.74, 6) is -0.538. The van der Waals surface area contributed by atoms with Crippen LogP contribution in [0.3, 0.4) is 0 Å². The van der Waals surface area contributed by atoms with Crippen molar-refractivity contribution in [1.82, 2.24) is 19.4 Å². The van der Waals surface area contributed by atoms with E-state index in [1.165, 1.54) is 11.9 Å². The summed E-state index contributed by atoms with van der Waals surface area (Å²) < 4.78 is 66.0. The zero-order valence-electron chi connectivity index (χ0n) is 14.0. The first-order valence-electron chi connectivity index (χ1n) is 7.37. The molecule has 11 heteroatoms. The average Bonchev–Trinajstić information content (AvgIpc) is 2.97. The van der Waals surface area contributed by atoms with Gasteiger partial charge in [0.2, 0.25) is 15.9 Å². The van der Waals surface area contributed by atoms with Gasteiger partial charge in [-0.3, -0.25) is 9.48 Å². The number of nitrogens with zero attached hydrogens (tertiary/aromatic N) is 3. The van der Waals surface area contributed by atoms with Gasteiger partial charge in [0.15, 0.2) is 0 Å². The molecule has 0 bridgehead atoms. The van der Waals surface area contributed by atoms with Crippen molar-refractivity contribution in [3.05, 3.63) is 47.8 Å². The number of hydrogen-bond acceptors (Lipinski definition) is 4. The summed E-state index contributed by atoms with van der Waals surface area (Å²) in [5, 5.41) is 3.96. The standard InChI is InChI=1S/C15H17F3N4O3S/c1-21(9-11-7-19-22(2)10-11)14(23)8-20-26(24,25)13-5-3-4-12(6-13)15(16,17)18/h3-7,10,20H,8-9H2,1-2H3. The number of likely N-dealkylation sites (N-methyl/N-ethyl adjacent to an activating group) is 1. The summed E-state index contributed by atoms with van der Waals surface area (Å²) in [7, 11) is -1.06. The third-order valence-corrected chi connectivity index (χ3v) is 4.89. The number of benzene rings is 1. The van der Waals surface area contributed by atoms with E-state index in [4.69, 9.17) is 0 Å². The number of sulfonamides is 1. The third-order valence-electron chi connectivity index (χ3n) is 3.49. The summed E-state index contributed by atoms with van der Waals surface area (Å²) in [6, 6.07) is 3.31. The van der Waals surface area contributed by atoms with Crippen molar-refractivity contribution in [1.29, 1.82) is 0 Å². The Hall–Kier alpha value is -2.40. The van der Waals surface area contributed by atoms with Gasteiger partial charge in [0.25, 0.3) is 0 Å². The van der Waals surface area contributed by atoms with E-state index in [1.54, 1.807) is 24.1 Å². The van der Waals surface area contributed by atoms with Crippen molar-refractivity contribution in [3.63, 3.8) is 0 Å². The largest absolute Gasteiger partial charge is 0.416 e. The molecule has 26 heavy (non-hydrogen) atoms. The summed E-state index contributed by atoms with van der Waals surface area (Å²) in [6.07, 6.45) is -1.39. The lowest BCUT2D eigenvalue weighted by atomic mass is 10.2. The van der Waals surface area contributed by atoms with Crippen molar-refractivity contribution in [3.8, 4) is 0 Å². The van der Waals surface area contributed by atoms with Gasteiger partial charge in [0.05, 0.1) is 23.2 Å². The molecule has 0 fully saturated rings. The van der Waals surface area contributed by atoms with Gasteiger partial charge in [-0.2, -0.15) is 18.3 Å². The van der Waals surface area contributed by atoms with Gasteiger partial charge in [-0.05, 0) is 18.2 Å². The van der Waals surface area contributed by atoms with Crippen LogP contribution in [0.1, 0.15) is 11.1 Å². The van der Waals surface area contributed by atoms with Gasteiger partial charge in [-0.25, -0.2) is 13.1 Å². The second kappa shape index (κ2) is 7.46. The normalized spacial score (nSPS) is 12.2.